The van der Waals surface area contributed by atoms with Crippen molar-refractivity contribution in [2.45, 2.75) is 8.42 Å². The Labute approximate surface area is 95.5 Å². The molecule has 4 nitrogen and oxygen atoms in total. The lowest BCUT2D eigenvalue weighted by Gasteiger charge is -1.95. The second-order valence-corrected chi connectivity index (χ2v) is 7.05. The van der Waals surface area contributed by atoms with E-state index >= 15 is 0 Å². The number of aromatic nitrogens is 1. The van der Waals surface area contributed by atoms with Crippen LogP contribution < -0.4 is 5.32 Å². The Morgan fingerprint density at radius 1 is 1.40 bits per heavy atom. The zero-order chi connectivity index (χ0) is 10.9. The number of sulfone groups is 1. The number of thiazole rings is 1. The van der Waals surface area contributed by atoms with E-state index in [1.54, 1.807) is 24.6 Å². The van der Waals surface area contributed by atoms with Crippen molar-refractivity contribution in [2.24, 2.45) is 0 Å². The lowest BCUT2D eigenvalue weighted by Crippen LogP contribution is -1.95. The normalized spacial score (nSPS) is 11.5. The number of rotatable bonds is 3. The summed E-state index contributed by atoms with van der Waals surface area (Å²) in [6.45, 7) is 0. The van der Waals surface area contributed by atoms with E-state index in [0.717, 1.165) is 11.3 Å². The first kappa shape index (κ1) is 10.6. The summed E-state index contributed by atoms with van der Waals surface area (Å²) >= 11 is 2.35. The first-order chi connectivity index (χ1) is 7.14. The van der Waals surface area contributed by atoms with E-state index in [2.05, 4.69) is 10.3 Å². The van der Waals surface area contributed by atoms with Gasteiger partial charge in [0.15, 0.2) is 5.13 Å². The molecule has 0 amide bonds. The maximum atomic E-state index is 12.0. The number of hydrogen-bond acceptors (Lipinski definition) is 6. The fourth-order valence-electron chi connectivity index (χ4n) is 1.01. The fraction of sp³-hybridized carbons (Fsp3) is 0.125. The van der Waals surface area contributed by atoms with Gasteiger partial charge in [0.1, 0.15) is 8.42 Å². The smallest absolute Gasteiger partial charge is 0.226 e. The highest BCUT2D eigenvalue weighted by Crippen LogP contribution is 2.30. The molecule has 7 heteroatoms. The van der Waals surface area contributed by atoms with Crippen molar-refractivity contribution < 1.29 is 8.42 Å². The topological polar surface area (TPSA) is 59.1 Å². The van der Waals surface area contributed by atoms with Gasteiger partial charge in [-0.15, -0.1) is 11.3 Å². The lowest BCUT2D eigenvalue weighted by atomic mass is 10.7. The minimum Gasteiger partial charge on any atom is -0.365 e. The third-order valence-electron chi connectivity index (χ3n) is 1.72. The van der Waals surface area contributed by atoms with Gasteiger partial charge in [-0.1, -0.05) is 17.4 Å². The highest BCUT2D eigenvalue weighted by atomic mass is 32.3. The molecule has 0 atom stereocenters. The van der Waals surface area contributed by atoms with Crippen LogP contribution >= 0.6 is 22.7 Å². The molecule has 0 fully saturated rings. The molecule has 2 heterocycles. The second kappa shape index (κ2) is 3.92. The largest absolute Gasteiger partial charge is 0.365 e. The van der Waals surface area contributed by atoms with Gasteiger partial charge in [-0.2, -0.15) is 0 Å². The van der Waals surface area contributed by atoms with Gasteiger partial charge in [-0.3, -0.25) is 0 Å². The molecule has 15 heavy (non-hydrogen) atoms. The van der Waals surface area contributed by atoms with Crippen LogP contribution in [0.1, 0.15) is 0 Å². The maximum absolute atomic E-state index is 12.0. The molecule has 1 N–H and O–H groups in total. The first-order valence-corrected chi connectivity index (χ1v) is 7.24. The molecule has 0 bridgehead atoms. The lowest BCUT2D eigenvalue weighted by molar-refractivity contribution is 0.600. The minimum absolute atomic E-state index is 0.273. The van der Waals surface area contributed by atoms with Crippen molar-refractivity contribution in [1.29, 1.82) is 0 Å². The molecular formula is C8H8N2O2S3. The standard InChI is InChI=1S/C8H8N2O2S3/c1-9-8-10-5-7(14-8)15(11,12)6-3-2-4-13-6/h2-5H,1H3,(H,9,10). The molecule has 2 aromatic rings. The molecule has 0 radical (unpaired) electrons. The van der Waals surface area contributed by atoms with E-state index in [-0.39, 0.29) is 4.21 Å². The summed E-state index contributed by atoms with van der Waals surface area (Å²) in [7, 11) is -1.64. The minimum atomic E-state index is -3.35. The summed E-state index contributed by atoms with van der Waals surface area (Å²) in [4.78, 5) is 3.94. The Bertz CT molecular complexity index is 542. The Morgan fingerprint density at radius 3 is 2.73 bits per heavy atom. The molecule has 2 rings (SSSR count). The van der Waals surface area contributed by atoms with E-state index in [4.69, 9.17) is 0 Å². The molecule has 0 saturated heterocycles. The number of anilines is 1. The van der Waals surface area contributed by atoms with Crippen LogP contribution in [-0.2, 0) is 9.84 Å². The molecular weight excluding hydrogens is 252 g/mol. The third-order valence-corrected chi connectivity index (χ3v) is 6.35. The Hall–Kier alpha value is -0.920. The third kappa shape index (κ3) is 1.90. The summed E-state index contributed by atoms with van der Waals surface area (Å²) in [6.07, 6.45) is 1.38. The summed E-state index contributed by atoms with van der Waals surface area (Å²) in [5, 5.41) is 5.16. The number of nitrogens with zero attached hydrogens (tertiary/aromatic N) is 1. The van der Waals surface area contributed by atoms with Crippen molar-refractivity contribution in [2.75, 3.05) is 12.4 Å². The predicted molar refractivity (Wildman–Crippen MR) is 61.4 cm³/mol. The van der Waals surface area contributed by atoms with Crippen LogP contribution in [0.3, 0.4) is 0 Å². The summed E-state index contributed by atoms with van der Waals surface area (Å²) in [6, 6.07) is 3.32. The molecule has 0 saturated carbocycles. The number of nitrogens with one attached hydrogen (secondary N) is 1. The van der Waals surface area contributed by atoms with Gasteiger partial charge < -0.3 is 5.32 Å². The van der Waals surface area contributed by atoms with Crippen molar-refractivity contribution in [3.05, 3.63) is 23.7 Å². The van der Waals surface area contributed by atoms with Gasteiger partial charge >= 0.3 is 0 Å². The van der Waals surface area contributed by atoms with Crippen LogP contribution in [0.15, 0.2) is 32.1 Å². The Balaban J connectivity index is 2.47. The van der Waals surface area contributed by atoms with Gasteiger partial charge in [0, 0.05) is 7.05 Å². The van der Waals surface area contributed by atoms with E-state index in [0.29, 0.717) is 9.34 Å². The van der Waals surface area contributed by atoms with Crippen LogP contribution in [-0.4, -0.2) is 20.4 Å². The second-order valence-electron chi connectivity index (χ2n) is 2.67. The van der Waals surface area contributed by atoms with Crippen molar-refractivity contribution in [1.82, 2.24) is 4.98 Å². The van der Waals surface area contributed by atoms with Crippen LogP contribution in [0.4, 0.5) is 5.13 Å². The molecule has 80 valence electrons. The summed E-state index contributed by atoms with van der Waals surface area (Å²) in [5.41, 5.74) is 0. The van der Waals surface area contributed by atoms with Gasteiger partial charge in [0.2, 0.25) is 9.84 Å². The SMILES string of the molecule is CNc1ncc(S(=O)(=O)c2cccs2)s1. The quantitative estimate of drug-likeness (QED) is 0.918. The highest BCUT2D eigenvalue weighted by Gasteiger charge is 2.21. The van der Waals surface area contributed by atoms with E-state index < -0.39 is 9.84 Å². The average Bonchev–Trinajstić information content (AvgIpc) is 2.89. The van der Waals surface area contributed by atoms with Gasteiger partial charge in [0.05, 0.1) is 6.20 Å². The Kier molecular flexibility index (Phi) is 2.76. The van der Waals surface area contributed by atoms with Crippen LogP contribution in [0, 0.1) is 0 Å². The Morgan fingerprint density at radius 2 is 2.20 bits per heavy atom. The molecule has 0 aromatic carbocycles. The van der Waals surface area contributed by atoms with Gasteiger partial charge in [-0.25, -0.2) is 13.4 Å². The molecule has 0 aliphatic rings. The fourth-order valence-corrected chi connectivity index (χ4v) is 4.66. The van der Waals surface area contributed by atoms with Crippen LogP contribution in [0.2, 0.25) is 0 Å². The van der Waals surface area contributed by atoms with E-state index in [1.165, 1.54) is 17.5 Å². The van der Waals surface area contributed by atoms with Crippen LogP contribution in [0.25, 0.3) is 0 Å². The average molecular weight is 260 g/mol. The molecule has 0 aliphatic heterocycles. The molecule has 0 spiro atoms. The molecule has 0 aliphatic carbocycles. The van der Waals surface area contributed by atoms with Crippen molar-refractivity contribution in [3.8, 4) is 0 Å². The first-order valence-electron chi connectivity index (χ1n) is 4.07. The molecule has 0 unspecified atom stereocenters. The highest BCUT2D eigenvalue weighted by molar-refractivity contribution is 7.95. The van der Waals surface area contributed by atoms with Crippen molar-refractivity contribution >= 4 is 37.6 Å². The number of thiophene rings is 1. The zero-order valence-corrected chi connectivity index (χ0v) is 10.2. The molecule has 2 aromatic heterocycles. The monoisotopic (exact) mass is 260 g/mol. The van der Waals surface area contributed by atoms with E-state index in [1.807, 2.05) is 0 Å². The maximum Gasteiger partial charge on any atom is 0.226 e. The predicted octanol–water partition coefficient (Wildman–Crippen LogP) is 2.08. The zero-order valence-electron chi connectivity index (χ0n) is 7.80. The summed E-state index contributed by atoms with van der Waals surface area (Å²) < 4.78 is 24.6. The van der Waals surface area contributed by atoms with Crippen molar-refractivity contribution in [3.63, 3.8) is 0 Å². The van der Waals surface area contributed by atoms with Gasteiger partial charge in [0.25, 0.3) is 0 Å². The van der Waals surface area contributed by atoms with E-state index in [9.17, 15) is 8.42 Å². The van der Waals surface area contributed by atoms with Gasteiger partial charge in [-0.05, 0) is 11.4 Å². The number of hydrogen-bond donors (Lipinski definition) is 1. The summed E-state index contributed by atoms with van der Waals surface area (Å²) in [5.74, 6) is 0. The van der Waals surface area contributed by atoms with Crippen LogP contribution in [0.5, 0.6) is 0 Å².